The number of aliphatic hydroxyl groups is 1. The molecular formula is C10H20O2. The molecule has 0 aromatic rings. The second-order valence-electron chi connectivity index (χ2n) is 4.41. The minimum absolute atomic E-state index is 0.0293. The molecule has 1 aliphatic heterocycles. The number of ether oxygens (including phenoxy) is 1. The van der Waals surface area contributed by atoms with Crippen LogP contribution in [-0.2, 0) is 4.74 Å². The van der Waals surface area contributed by atoms with Crippen molar-refractivity contribution in [3.8, 4) is 0 Å². The highest BCUT2D eigenvalue weighted by molar-refractivity contribution is 4.84. The van der Waals surface area contributed by atoms with Crippen molar-refractivity contribution in [1.82, 2.24) is 0 Å². The summed E-state index contributed by atoms with van der Waals surface area (Å²) in [5.41, 5.74) is 0.0293. The maximum Gasteiger partial charge on any atom is 0.0662 e. The molecule has 2 nitrogen and oxygen atoms in total. The first-order valence-electron chi connectivity index (χ1n) is 4.84. The van der Waals surface area contributed by atoms with E-state index in [1.165, 1.54) is 0 Å². The van der Waals surface area contributed by atoms with E-state index in [0.717, 1.165) is 19.3 Å². The van der Waals surface area contributed by atoms with Crippen LogP contribution in [0.15, 0.2) is 0 Å². The van der Waals surface area contributed by atoms with Gasteiger partial charge in [-0.05, 0) is 39.0 Å². The van der Waals surface area contributed by atoms with E-state index in [2.05, 4.69) is 20.8 Å². The van der Waals surface area contributed by atoms with Crippen LogP contribution in [0.1, 0.15) is 40.0 Å². The number of hydrogen-bond donors (Lipinski definition) is 1. The van der Waals surface area contributed by atoms with Crippen LogP contribution in [0.2, 0.25) is 0 Å². The van der Waals surface area contributed by atoms with E-state index in [1.807, 2.05) is 0 Å². The molecule has 72 valence electrons. The van der Waals surface area contributed by atoms with Crippen LogP contribution < -0.4 is 0 Å². The molecule has 3 unspecified atom stereocenters. The minimum atomic E-state index is 0.0293. The van der Waals surface area contributed by atoms with E-state index < -0.39 is 0 Å². The summed E-state index contributed by atoms with van der Waals surface area (Å²) in [7, 11) is 0. The molecule has 1 aliphatic rings. The first-order valence-corrected chi connectivity index (χ1v) is 4.84. The quantitative estimate of drug-likeness (QED) is 0.705. The average Bonchev–Trinajstić information content (AvgIpc) is 2.30. The Kier molecular flexibility index (Phi) is 3.13. The highest BCUT2D eigenvalue weighted by atomic mass is 16.5. The van der Waals surface area contributed by atoms with E-state index in [4.69, 9.17) is 9.84 Å². The van der Waals surface area contributed by atoms with Gasteiger partial charge >= 0.3 is 0 Å². The molecule has 0 bridgehead atoms. The number of hydrogen-bond acceptors (Lipinski definition) is 2. The Morgan fingerprint density at radius 2 is 2.33 bits per heavy atom. The Labute approximate surface area is 74.9 Å². The summed E-state index contributed by atoms with van der Waals surface area (Å²) in [6.45, 7) is 6.61. The van der Waals surface area contributed by atoms with Crippen molar-refractivity contribution in [2.45, 2.75) is 51.7 Å². The van der Waals surface area contributed by atoms with Gasteiger partial charge in [0.2, 0.25) is 0 Å². The van der Waals surface area contributed by atoms with Crippen molar-refractivity contribution in [2.75, 3.05) is 6.61 Å². The van der Waals surface area contributed by atoms with Gasteiger partial charge in [-0.3, -0.25) is 0 Å². The standard InChI is InChI=1S/C10H20O2/c1-8(7-11)6-10(3)5-4-9(2)12-10/h8-9,11H,4-7H2,1-3H3. The third-order valence-corrected chi connectivity index (χ3v) is 2.66. The molecule has 3 atom stereocenters. The Balaban J connectivity index is 2.39. The zero-order chi connectivity index (χ0) is 9.19. The van der Waals surface area contributed by atoms with Gasteiger partial charge in [-0.1, -0.05) is 6.92 Å². The predicted octanol–water partition coefficient (Wildman–Crippen LogP) is 1.96. The van der Waals surface area contributed by atoms with Gasteiger partial charge in [0.15, 0.2) is 0 Å². The average molecular weight is 172 g/mol. The van der Waals surface area contributed by atoms with Crippen LogP contribution >= 0.6 is 0 Å². The maximum atomic E-state index is 8.92. The monoisotopic (exact) mass is 172 g/mol. The van der Waals surface area contributed by atoms with E-state index in [0.29, 0.717) is 12.0 Å². The normalized spacial score (nSPS) is 38.5. The van der Waals surface area contributed by atoms with Gasteiger partial charge in [0, 0.05) is 6.61 Å². The lowest BCUT2D eigenvalue weighted by atomic mass is 9.91. The lowest BCUT2D eigenvalue weighted by Gasteiger charge is -2.26. The van der Waals surface area contributed by atoms with Gasteiger partial charge in [0.1, 0.15) is 0 Å². The van der Waals surface area contributed by atoms with Gasteiger partial charge in [0.25, 0.3) is 0 Å². The predicted molar refractivity (Wildman–Crippen MR) is 49.1 cm³/mol. The first-order chi connectivity index (χ1) is 5.56. The molecule has 0 amide bonds. The van der Waals surface area contributed by atoms with E-state index >= 15 is 0 Å². The molecule has 2 heteroatoms. The van der Waals surface area contributed by atoms with E-state index in [-0.39, 0.29) is 12.2 Å². The summed E-state index contributed by atoms with van der Waals surface area (Å²) < 4.78 is 5.81. The third kappa shape index (κ3) is 2.46. The molecule has 0 saturated carbocycles. The van der Waals surface area contributed by atoms with Gasteiger partial charge in [-0.15, -0.1) is 0 Å². The summed E-state index contributed by atoms with van der Waals surface area (Å²) >= 11 is 0. The molecule has 1 saturated heterocycles. The SMILES string of the molecule is CC(CO)CC1(C)CCC(C)O1. The highest BCUT2D eigenvalue weighted by Gasteiger charge is 2.34. The molecule has 12 heavy (non-hydrogen) atoms. The first kappa shape index (κ1) is 10.0. The molecule has 0 spiro atoms. The summed E-state index contributed by atoms with van der Waals surface area (Å²) in [5.74, 6) is 0.361. The van der Waals surface area contributed by atoms with E-state index in [9.17, 15) is 0 Å². The van der Waals surface area contributed by atoms with Crippen LogP contribution in [0, 0.1) is 5.92 Å². The molecule has 1 fully saturated rings. The van der Waals surface area contributed by atoms with E-state index in [1.54, 1.807) is 0 Å². The molecule has 0 radical (unpaired) electrons. The van der Waals surface area contributed by atoms with Crippen molar-refractivity contribution in [2.24, 2.45) is 5.92 Å². The van der Waals surface area contributed by atoms with Crippen LogP contribution in [-0.4, -0.2) is 23.4 Å². The molecule has 0 aromatic heterocycles. The topological polar surface area (TPSA) is 29.5 Å². The van der Waals surface area contributed by atoms with Crippen LogP contribution in [0.4, 0.5) is 0 Å². The van der Waals surface area contributed by atoms with Crippen molar-refractivity contribution in [1.29, 1.82) is 0 Å². The smallest absolute Gasteiger partial charge is 0.0662 e. The molecule has 1 N–H and O–H groups in total. The maximum absolute atomic E-state index is 8.92. The highest BCUT2D eigenvalue weighted by Crippen LogP contribution is 2.34. The molecule has 0 aromatic carbocycles. The third-order valence-electron chi connectivity index (χ3n) is 2.66. The summed E-state index contributed by atoms with van der Waals surface area (Å²) in [6, 6.07) is 0. The van der Waals surface area contributed by atoms with Gasteiger partial charge < -0.3 is 9.84 Å². The Hall–Kier alpha value is -0.0800. The second-order valence-corrected chi connectivity index (χ2v) is 4.41. The Morgan fingerprint density at radius 1 is 1.67 bits per heavy atom. The fourth-order valence-electron chi connectivity index (χ4n) is 2.06. The number of aliphatic hydroxyl groups excluding tert-OH is 1. The molecular weight excluding hydrogens is 152 g/mol. The molecule has 1 rings (SSSR count). The number of rotatable bonds is 3. The molecule has 0 aliphatic carbocycles. The molecule has 1 heterocycles. The minimum Gasteiger partial charge on any atom is -0.396 e. The Bertz CT molecular complexity index is 147. The fourth-order valence-corrected chi connectivity index (χ4v) is 2.06. The summed E-state index contributed by atoms with van der Waals surface area (Å²) in [5, 5.41) is 8.92. The lowest BCUT2D eigenvalue weighted by molar-refractivity contribution is -0.0388. The Morgan fingerprint density at radius 3 is 2.75 bits per heavy atom. The van der Waals surface area contributed by atoms with Crippen LogP contribution in [0.25, 0.3) is 0 Å². The lowest BCUT2D eigenvalue weighted by Crippen LogP contribution is -2.28. The summed E-state index contributed by atoms with van der Waals surface area (Å²) in [6.07, 6.45) is 3.68. The van der Waals surface area contributed by atoms with Gasteiger partial charge in [-0.25, -0.2) is 0 Å². The van der Waals surface area contributed by atoms with Crippen molar-refractivity contribution in [3.63, 3.8) is 0 Å². The zero-order valence-corrected chi connectivity index (χ0v) is 8.34. The van der Waals surface area contributed by atoms with Crippen LogP contribution in [0.3, 0.4) is 0 Å². The van der Waals surface area contributed by atoms with Crippen molar-refractivity contribution in [3.05, 3.63) is 0 Å². The summed E-state index contributed by atoms with van der Waals surface area (Å²) in [4.78, 5) is 0. The second kappa shape index (κ2) is 3.75. The fraction of sp³-hybridized carbons (Fsp3) is 1.00. The zero-order valence-electron chi connectivity index (χ0n) is 8.34. The van der Waals surface area contributed by atoms with Gasteiger partial charge in [-0.2, -0.15) is 0 Å². The van der Waals surface area contributed by atoms with Crippen LogP contribution in [0.5, 0.6) is 0 Å². The van der Waals surface area contributed by atoms with Crippen molar-refractivity contribution < 1.29 is 9.84 Å². The largest absolute Gasteiger partial charge is 0.396 e. The van der Waals surface area contributed by atoms with Crippen molar-refractivity contribution >= 4 is 0 Å². The van der Waals surface area contributed by atoms with Gasteiger partial charge in [0.05, 0.1) is 11.7 Å².